The number of anilines is 3. The molecule has 0 aliphatic carbocycles. The lowest BCUT2D eigenvalue weighted by atomic mass is 10.1. The lowest BCUT2D eigenvalue weighted by molar-refractivity contribution is 0.330. The summed E-state index contributed by atoms with van der Waals surface area (Å²) in [7, 11) is 1.87. The summed E-state index contributed by atoms with van der Waals surface area (Å²) < 4.78 is 1.17. The van der Waals surface area contributed by atoms with Crippen LogP contribution < -0.4 is 10.6 Å². The van der Waals surface area contributed by atoms with Gasteiger partial charge in [-0.1, -0.05) is 15.9 Å². The van der Waals surface area contributed by atoms with Crippen LogP contribution in [0.15, 0.2) is 28.7 Å². The highest BCUT2D eigenvalue weighted by Gasteiger charge is 2.11. The zero-order valence-electron chi connectivity index (χ0n) is 15.7. The lowest BCUT2D eigenvalue weighted by Gasteiger charge is -2.14. The van der Waals surface area contributed by atoms with Gasteiger partial charge in [-0.2, -0.15) is 4.98 Å². The van der Waals surface area contributed by atoms with Crippen LogP contribution in [0.1, 0.15) is 36.9 Å². The quantitative estimate of drug-likeness (QED) is 0.606. The lowest BCUT2D eigenvalue weighted by Crippen LogP contribution is -2.20. The van der Waals surface area contributed by atoms with Crippen molar-refractivity contribution in [1.29, 1.82) is 0 Å². The van der Waals surface area contributed by atoms with Crippen molar-refractivity contribution in [1.82, 2.24) is 14.9 Å². The highest BCUT2D eigenvalue weighted by atomic mass is 79.9. The van der Waals surface area contributed by atoms with Crippen molar-refractivity contribution in [3.05, 3.63) is 40.0 Å². The monoisotopic (exact) mass is 417 g/mol. The topological polar surface area (TPSA) is 53.1 Å². The van der Waals surface area contributed by atoms with Crippen molar-refractivity contribution in [2.45, 2.75) is 39.0 Å². The van der Waals surface area contributed by atoms with Crippen LogP contribution in [0.3, 0.4) is 0 Å². The molecular formula is C20H28BrN5. The van der Waals surface area contributed by atoms with Crippen LogP contribution in [0.25, 0.3) is 0 Å². The average molecular weight is 418 g/mol. The van der Waals surface area contributed by atoms with E-state index < -0.39 is 0 Å². The molecule has 1 aromatic carbocycles. The fourth-order valence-electron chi connectivity index (χ4n) is 3.38. The van der Waals surface area contributed by atoms with Crippen LogP contribution in [-0.4, -0.2) is 41.5 Å². The largest absolute Gasteiger partial charge is 0.373 e. The Labute approximate surface area is 164 Å². The maximum Gasteiger partial charge on any atom is 0.229 e. The first-order valence-corrected chi connectivity index (χ1v) is 10.2. The van der Waals surface area contributed by atoms with Crippen molar-refractivity contribution in [3.8, 4) is 0 Å². The minimum Gasteiger partial charge on any atom is -0.373 e. The van der Waals surface area contributed by atoms with Crippen molar-refractivity contribution in [2.24, 2.45) is 0 Å². The van der Waals surface area contributed by atoms with E-state index in [2.05, 4.69) is 59.6 Å². The summed E-state index contributed by atoms with van der Waals surface area (Å²) in [5, 5.41) is 6.40. The first-order valence-electron chi connectivity index (χ1n) is 9.45. The average Bonchev–Trinajstić information content (AvgIpc) is 3.14. The van der Waals surface area contributed by atoms with Crippen molar-refractivity contribution in [2.75, 3.05) is 37.3 Å². The Morgan fingerprint density at radius 1 is 1.12 bits per heavy atom. The molecule has 0 radical (unpaired) electrons. The number of rotatable bonds is 8. The van der Waals surface area contributed by atoms with E-state index in [-0.39, 0.29) is 0 Å². The normalized spacial score (nSPS) is 14.6. The Kier molecular flexibility index (Phi) is 6.86. The molecule has 3 rings (SSSR count). The molecule has 0 spiro atoms. The molecule has 1 aromatic heterocycles. The summed E-state index contributed by atoms with van der Waals surface area (Å²) in [5.74, 6) is 1.44. The van der Waals surface area contributed by atoms with Crippen LogP contribution >= 0.6 is 15.9 Å². The molecule has 1 saturated heterocycles. The van der Waals surface area contributed by atoms with Gasteiger partial charge in [0, 0.05) is 29.0 Å². The molecule has 0 amide bonds. The first kappa shape index (κ1) is 19.1. The number of likely N-dealkylation sites (tertiary alicyclic amines) is 1. The molecule has 0 bridgehead atoms. The first-order chi connectivity index (χ1) is 12.6. The maximum absolute atomic E-state index is 4.47. The van der Waals surface area contributed by atoms with Crippen molar-refractivity contribution < 1.29 is 0 Å². The van der Waals surface area contributed by atoms with Gasteiger partial charge in [0.25, 0.3) is 0 Å². The molecule has 0 atom stereocenters. The number of nitrogens with zero attached hydrogens (tertiary/aromatic N) is 3. The summed E-state index contributed by atoms with van der Waals surface area (Å²) in [5.41, 5.74) is 3.29. The number of hydrogen-bond acceptors (Lipinski definition) is 5. The molecule has 2 N–H and O–H groups in total. The maximum atomic E-state index is 4.47. The fourth-order valence-corrected chi connectivity index (χ4v) is 3.83. The summed E-state index contributed by atoms with van der Waals surface area (Å²) in [4.78, 5) is 11.5. The number of unbranched alkanes of at least 4 members (excludes halogenated alkanes) is 1. The van der Waals surface area contributed by atoms with Crippen LogP contribution in [0.5, 0.6) is 0 Å². The van der Waals surface area contributed by atoms with Gasteiger partial charge >= 0.3 is 0 Å². The van der Waals surface area contributed by atoms with Gasteiger partial charge in [0.2, 0.25) is 5.95 Å². The van der Waals surface area contributed by atoms with Gasteiger partial charge < -0.3 is 15.5 Å². The number of hydrogen-bond donors (Lipinski definition) is 2. The third-order valence-corrected chi connectivity index (χ3v) is 5.55. The Morgan fingerprint density at radius 3 is 2.69 bits per heavy atom. The number of nitrogens with one attached hydrogen (secondary N) is 2. The minimum absolute atomic E-state index is 0.622. The van der Waals surface area contributed by atoms with E-state index in [4.69, 9.17) is 0 Å². The number of aryl methyl sites for hydroxylation is 2. The summed E-state index contributed by atoms with van der Waals surface area (Å²) in [6.45, 7) is 5.78. The summed E-state index contributed by atoms with van der Waals surface area (Å²) in [6.07, 6.45) is 6.30. The molecule has 26 heavy (non-hydrogen) atoms. The second-order valence-corrected chi connectivity index (χ2v) is 7.76. The molecule has 1 aliphatic rings. The molecule has 0 unspecified atom stereocenters. The summed E-state index contributed by atoms with van der Waals surface area (Å²) >= 11 is 3.69. The van der Waals surface area contributed by atoms with Gasteiger partial charge in [0.05, 0.1) is 0 Å². The zero-order valence-corrected chi connectivity index (χ0v) is 17.3. The third kappa shape index (κ3) is 5.42. The van der Waals surface area contributed by atoms with Gasteiger partial charge in [0.1, 0.15) is 5.82 Å². The predicted molar refractivity (Wildman–Crippen MR) is 112 cm³/mol. The van der Waals surface area contributed by atoms with Gasteiger partial charge in [-0.15, -0.1) is 0 Å². The van der Waals surface area contributed by atoms with Gasteiger partial charge in [-0.25, -0.2) is 4.98 Å². The number of benzene rings is 1. The molecule has 6 heteroatoms. The van der Waals surface area contributed by atoms with E-state index in [0.29, 0.717) is 5.95 Å². The zero-order chi connectivity index (χ0) is 18.4. The van der Waals surface area contributed by atoms with E-state index in [1.54, 1.807) is 0 Å². The molecule has 5 nitrogen and oxygen atoms in total. The van der Waals surface area contributed by atoms with Crippen LogP contribution in [-0.2, 0) is 6.42 Å². The highest BCUT2D eigenvalue weighted by molar-refractivity contribution is 9.10. The van der Waals surface area contributed by atoms with E-state index in [0.717, 1.165) is 23.6 Å². The Bertz CT molecular complexity index is 728. The molecular weight excluding hydrogens is 390 g/mol. The van der Waals surface area contributed by atoms with E-state index in [9.17, 15) is 0 Å². The highest BCUT2D eigenvalue weighted by Crippen LogP contribution is 2.25. The van der Waals surface area contributed by atoms with Gasteiger partial charge in [0.15, 0.2) is 0 Å². The molecule has 1 fully saturated rings. The van der Waals surface area contributed by atoms with Gasteiger partial charge in [-0.3, -0.25) is 0 Å². The van der Waals surface area contributed by atoms with E-state index in [1.807, 2.05) is 20.0 Å². The second-order valence-electron chi connectivity index (χ2n) is 6.91. The Hall–Kier alpha value is -1.66. The molecule has 1 aliphatic heterocycles. The molecule has 140 valence electrons. The molecule has 2 aromatic rings. The van der Waals surface area contributed by atoms with E-state index >= 15 is 0 Å². The fraction of sp³-hybridized carbons (Fsp3) is 0.500. The van der Waals surface area contributed by atoms with Crippen molar-refractivity contribution in [3.63, 3.8) is 0 Å². The van der Waals surface area contributed by atoms with Crippen LogP contribution in [0, 0.1) is 6.92 Å². The smallest absolute Gasteiger partial charge is 0.229 e. The minimum atomic E-state index is 0.622. The molecule has 0 saturated carbocycles. The Balaban J connectivity index is 1.59. The second kappa shape index (κ2) is 9.33. The van der Waals surface area contributed by atoms with Crippen molar-refractivity contribution >= 4 is 33.4 Å². The predicted octanol–water partition coefficient (Wildman–Crippen LogP) is 4.75. The molecule has 2 heterocycles. The van der Waals surface area contributed by atoms with Crippen LogP contribution in [0.2, 0.25) is 0 Å². The third-order valence-electron chi connectivity index (χ3n) is 4.78. The standard InChI is InChI=1S/C20H28BrN5/c1-15-13-19(22-2)25-20(23-15)24-17-8-9-18(21)16(14-17)7-3-4-10-26-11-5-6-12-26/h8-9,13-14H,3-7,10-12H2,1-2H3,(H2,22,23,24,25). The number of halogens is 1. The van der Waals surface area contributed by atoms with Gasteiger partial charge in [-0.05, 0) is 82.4 Å². The summed E-state index contributed by atoms with van der Waals surface area (Å²) in [6, 6.07) is 8.29. The van der Waals surface area contributed by atoms with E-state index in [1.165, 1.54) is 55.4 Å². The number of aromatic nitrogens is 2. The SMILES string of the molecule is CNc1cc(C)nc(Nc2ccc(Br)c(CCCCN3CCCC3)c2)n1. The Morgan fingerprint density at radius 2 is 1.92 bits per heavy atom. The van der Waals surface area contributed by atoms with Crippen LogP contribution in [0.4, 0.5) is 17.5 Å².